The van der Waals surface area contributed by atoms with Gasteiger partial charge in [0.15, 0.2) is 0 Å². The molecule has 2 nitrogen and oxygen atoms in total. The zero-order valence-corrected chi connectivity index (χ0v) is 11.5. The summed E-state index contributed by atoms with van der Waals surface area (Å²) in [4.78, 5) is 0. The molecule has 0 aliphatic carbocycles. The molecule has 96 valence electrons. The molecule has 0 spiro atoms. The van der Waals surface area contributed by atoms with Crippen LogP contribution in [0.4, 0.5) is 0 Å². The van der Waals surface area contributed by atoms with Crippen LogP contribution in [0.5, 0.6) is 0 Å². The number of hydrogen-bond acceptors (Lipinski definition) is 2. The van der Waals surface area contributed by atoms with Crippen LogP contribution in [-0.2, 0) is 11.2 Å². The van der Waals surface area contributed by atoms with Gasteiger partial charge in [-0.15, -0.1) is 0 Å². The number of ether oxygens (including phenoxy) is 1. The van der Waals surface area contributed by atoms with Crippen molar-refractivity contribution in [2.24, 2.45) is 0 Å². The Morgan fingerprint density at radius 2 is 2.06 bits per heavy atom. The Labute approximate surface area is 109 Å². The summed E-state index contributed by atoms with van der Waals surface area (Å²) in [6.07, 6.45) is 1.97. The van der Waals surface area contributed by atoms with Gasteiger partial charge in [0.25, 0.3) is 0 Å². The van der Waals surface area contributed by atoms with Crippen molar-refractivity contribution in [3.05, 3.63) is 34.9 Å². The van der Waals surface area contributed by atoms with Crippen LogP contribution in [0.1, 0.15) is 25.8 Å². The van der Waals surface area contributed by atoms with Gasteiger partial charge >= 0.3 is 0 Å². The van der Waals surface area contributed by atoms with Crippen molar-refractivity contribution in [3.8, 4) is 0 Å². The number of nitrogens with one attached hydrogen (secondary N) is 1. The van der Waals surface area contributed by atoms with E-state index in [0.717, 1.165) is 37.6 Å². The van der Waals surface area contributed by atoms with E-state index in [1.807, 2.05) is 18.2 Å². The minimum absolute atomic E-state index is 0.339. The Bertz CT molecular complexity index is 317. The summed E-state index contributed by atoms with van der Waals surface area (Å²) >= 11 is 6.16. The molecule has 0 amide bonds. The highest BCUT2D eigenvalue weighted by atomic mass is 35.5. The molecule has 0 aromatic heterocycles. The number of hydrogen-bond donors (Lipinski definition) is 1. The molecule has 0 saturated carbocycles. The van der Waals surface area contributed by atoms with Gasteiger partial charge in [0, 0.05) is 17.7 Å². The molecular weight excluding hydrogens is 234 g/mol. The molecular formula is C14H22ClNO. The molecule has 0 radical (unpaired) electrons. The molecule has 0 fully saturated rings. The second kappa shape index (κ2) is 8.51. The summed E-state index contributed by atoms with van der Waals surface area (Å²) in [6.45, 7) is 6.75. The number of benzene rings is 1. The van der Waals surface area contributed by atoms with E-state index in [0.29, 0.717) is 6.04 Å². The van der Waals surface area contributed by atoms with Gasteiger partial charge in [-0.1, -0.05) is 43.6 Å². The van der Waals surface area contributed by atoms with Crippen LogP contribution in [0.3, 0.4) is 0 Å². The lowest BCUT2D eigenvalue weighted by molar-refractivity contribution is 0.112. The van der Waals surface area contributed by atoms with E-state index in [1.165, 1.54) is 5.56 Å². The van der Waals surface area contributed by atoms with Crippen LogP contribution >= 0.6 is 11.6 Å². The Balaban J connectivity index is 2.50. The molecule has 1 aromatic carbocycles. The van der Waals surface area contributed by atoms with E-state index in [2.05, 4.69) is 25.2 Å². The predicted octanol–water partition coefficient (Wildman–Crippen LogP) is 3.29. The van der Waals surface area contributed by atoms with E-state index in [9.17, 15) is 0 Å². The highest BCUT2D eigenvalue weighted by Crippen LogP contribution is 2.16. The number of likely N-dealkylation sites (N-methyl/N-ethyl adjacent to an activating group) is 1. The Morgan fingerprint density at radius 3 is 2.71 bits per heavy atom. The maximum absolute atomic E-state index is 6.16. The predicted molar refractivity (Wildman–Crippen MR) is 73.7 cm³/mol. The van der Waals surface area contributed by atoms with Crippen molar-refractivity contribution in [1.82, 2.24) is 5.32 Å². The van der Waals surface area contributed by atoms with Crippen molar-refractivity contribution in [2.75, 3.05) is 19.8 Å². The summed E-state index contributed by atoms with van der Waals surface area (Å²) in [6, 6.07) is 8.34. The van der Waals surface area contributed by atoms with E-state index >= 15 is 0 Å². The molecule has 1 unspecified atom stereocenters. The van der Waals surface area contributed by atoms with Gasteiger partial charge in [-0.2, -0.15) is 0 Å². The van der Waals surface area contributed by atoms with Crippen LogP contribution in [0.2, 0.25) is 5.02 Å². The molecule has 0 aliphatic heterocycles. The lowest BCUT2D eigenvalue weighted by atomic mass is 10.1. The van der Waals surface area contributed by atoms with Gasteiger partial charge in [-0.25, -0.2) is 0 Å². The second-order valence-electron chi connectivity index (χ2n) is 4.13. The van der Waals surface area contributed by atoms with Crippen LogP contribution in [0.25, 0.3) is 0 Å². The average Bonchev–Trinajstić information content (AvgIpc) is 2.32. The van der Waals surface area contributed by atoms with Gasteiger partial charge in [0.05, 0.1) is 6.61 Å². The van der Waals surface area contributed by atoms with Crippen molar-refractivity contribution < 1.29 is 4.74 Å². The first-order chi connectivity index (χ1) is 8.27. The Morgan fingerprint density at radius 1 is 1.29 bits per heavy atom. The summed E-state index contributed by atoms with van der Waals surface area (Å²) in [5.74, 6) is 0. The summed E-state index contributed by atoms with van der Waals surface area (Å²) in [5.41, 5.74) is 1.18. The highest BCUT2D eigenvalue weighted by molar-refractivity contribution is 6.31. The Hall–Kier alpha value is -0.570. The van der Waals surface area contributed by atoms with E-state index in [-0.39, 0.29) is 0 Å². The highest BCUT2D eigenvalue weighted by Gasteiger charge is 2.10. The minimum atomic E-state index is 0.339. The fourth-order valence-corrected chi connectivity index (χ4v) is 1.99. The lowest BCUT2D eigenvalue weighted by Gasteiger charge is -2.18. The fraction of sp³-hybridized carbons (Fsp3) is 0.571. The van der Waals surface area contributed by atoms with Crippen molar-refractivity contribution in [1.29, 1.82) is 0 Å². The third-order valence-corrected chi connectivity index (χ3v) is 2.95. The summed E-state index contributed by atoms with van der Waals surface area (Å²) in [5, 5.41) is 4.27. The van der Waals surface area contributed by atoms with Crippen LogP contribution < -0.4 is 5.32 Å². The topological polar surface area (TPSA) is 21.3 Å². The molecule has 17 heavy (non-hydrogen) atoms. The van der Waals surface area contributed by atoms with Gasteiger partial charge in [-0.3, -0.25) is 0 Å². The van der Waals surface area contributed by atoms with Crippen molar-refractivity contribution in [2.45, 2.75) is 32.7 Å². The van der Waals surface area contributed by atoms with Gasteiger partial charge in [0.2, 0.25) is 0 Å². The zero-order valence-electron chi connectivity index (χ0n) is 10.7. The van der Waals surface area contributed by atoms with Crippen molar-refractivity contribution >= 4 is 11.6 Å². The van der Waals surface area contributed by atoms with Crippen LogP contribution in [0.15, 0.2) is 24.3 Å². The molecule has 0 saturated heterocycles. The van der Waals surface area contributed by atoms with E-state index in [1.54, 1.807) is 0 Å². The molecule has 0 heterocycles. The lowest BCUT2D eigenvalue weighted by Crippen LogP contribution is -2.35. The van der Waals surface area contributed by atoms with Gasteiger partial charge in [0.1, 0.15) is 0 Å². The standard InChI is InChI=1S/C14H22ClNO/c1-3-9-17-11-13(16-4-2)10-12-7-5-6-8-14(12)15/h5-8,13,16H,3-4,9-11H2,1-2H3. The molecule has 3 heteroatoms. The SMILES string of the molecule is CCCOCC(Cc1ccccc1Cl)NCC. The smallest absolute Gasteiger partial charge is 0.0622 e. The summed E-state index contributed by atoms with van der Waals surface area (Å²) < 4.78 is 5.60. The maximum atomic E-state index is 6.16. The first kappa shape index (κ1) is 14.5. The molecule has 1 rings (SSSR count). The quantitative estimate of drug-likeness (QED) is 0.720. The Kier molecular flexibility index (Phi) is 7.25. The fourth-order valence-electron chi connectivity index (χ4n) is 1.78. The molecule has 1 atom stereocenters. The minimum Gasteiger partial charge on any atom is -0.380 e. The number of halogens is 1. The summed E-state index contributed by atoms with van der Waals surface area (Å²) in [7, 11) is 0. The van der Waals surface area contributed by atoms with Gasteiger partial charge in [-0.05, 0) is 31.0 Å². The third-order valence-electron chi connectivity index (χ3n) is 2.58. The van der Waals surface area contributed by atoms with E-state index < -0.39 is 0 Å². The zero-order chi connectivity index (χ0) is 12.5. The molecule has 1 aromatic rings. The molecule has 0 aliphatic rings. The monoisotopic (exact) mass is 255 g/mol. The molecule has 1 N–H and O–H groups in total. The second-order valence-corrected chi connectivity index (χ2v) is 4.53. The first-order valence-corrected chi connectivity index (χ1v) is 6.70. The third kappa shape index (κ3) is 5.53. The van der Waals surface area contributed by atoms with Gasteiger partial charge < -0.3 is 10.1 Å². The molecule has 0 bridgehead atoms. The number of rotatable bonds is 8. The van der Waals surface area contributed by atoms with Crippen LogP contribution in [0, 0.1) is 0 Å². The maximum Gasteiger partial charge on any atom is 0.0622 e. The largest absolute Gasteiger partial charge is 0.380 e. The van der Waals surface area contributed by atoms with Crippen LogP contribution in [-0.4, -0.2) is 25.8 Å². The van der Waals surface area contributed by atoms with E-state index in [4.69, 9.17) is 16.3 Å². The first-order valence-electron chi connectivity index (χ1n) is 6.32. The van der Waals surface area contributed by atoms with Crippen molar-refractivity contribution in [3.63, 3.8) is 0 Å². The average molecular weight is 256 g/mol. The normalized spacial score (nSPS) is 12.6.